The first-order valence-electron chi connectivity index (χ1n) is 3.49. The molecule has 0 spiro atoms. The van der Waals surface area contributed by atoms with Crippen LogP contribution in [0.2, 0.25) is 0 Å². The quantitative estimate of drug-likeness (QED) is 0.541. The van der Waals surface area contributed by atoms with E-state index in [1.807, 2.05) is 13.8 Å². The Bertz CT molecular complexity index is 213. The molecule has 0 bridgehead atoms. The van der Waals surface area contributed by atoms with E-state index >= 15 is 0 Å². The lowest BCUT2D eigenvalue weighted by atomic mass is 10.1. The van der Waals surface area contributed by atoms with Crippen LogP contribution in [0.4, 0.5) is 0 Å². The highest BCUT2D eigenvalue weighted by Gasteiger charge is 2.08. The first-order valence-corrected chi connectivity index (χ1v) is 3.49. The average molecular weight is 137 g/mol. The summed E-state index contributed by atoms with van der Waals surface area (Å²) >= 11 is 0. The average Bonchev–Trinajstić information content (AvgIpc) is 1.88. The Kier molecular flexibility index (Phi) is 2.00. The molecule has 0 aromatic heterocycles. The van der Waals surface area contributed by atoms with Gasteiger partial charge in [-0.2, -0.15) is 0 Å². The summed E-state index contributed by atoms with van der Waals surface area (Å²) in [7, 11) is 0. The molecule has 1 heterocycles. The van der Waals surface area contributed by atoms with Crippen LogP contribution in [0.15, 0.2) is 16.3 Å². The summed E-state index contributed by atoms with van der Waals surface area (Å²) in [6, 6.07) is 0. The van der Waals surface area contributed by atoms with Gasteiger partial charge in [0, 0.05) is 12.1 Å². The predicted molar refractivity (Wildman–Crippen MR) is 41.1 cm³/mol. The Hall–Kier alpha value is -0.920. The number of hydrogen-bond acceptors (Lipinski definition) is 2. The van der Waals surface area contributed by atoms with Gasteiger partial charge in [0.1, 0.15) is 0 Å². The van der Waals surface area contributed by atoms with Gasteiger partial charge in [-0.3, -0.25) is 9.79 Å². The normalized spacial score (nSPS) is 18.4. The largest absolute Gasteiger partial charge is 0.293 e. The molecule has 10 heavy (non-hydrogen) atoms. The van der Waals surface area contributed by atoms with Gasteiger partial charge in [0.25, 0.3) is 0 Å². The molecular formula is C8H11NO. The van der Waals surface area contributed by atoms with E-state index in [1.165, 1.54) is 6.21 Å². The number of allylic oxidation sites excluding steroid dienone is 2. The lowest BCUT2D eigenvalue weighted by Crippen LogP contribution is -2.06. The molecule has 0 saturated heterocycles. The fraction of sp³-hybridized carbons (Fsp3) is 0.500. The molecule has 0 fully saturated rings. The minimum atomic E-state index is 0.120. The molecule has 2 nitrogen and oxygen atoms in total. The SMILES string of the molecule is CCC1=C(C)CC(=O)C=N1. The summed E-state index contributed by atoms with van der Waals surface area (Å²) in [6.45, 7) is 4.01. The number of ketones is 1. The van der Waals surface area contributed by atoms with E-state index in [0.29, 0.717) is 6.42 Å². The standard InChI is InChI=1S/C8H11NO/c1-3-8-6(2)4-7(10)5-9-8/h5H,3-4H2,1-2H3. The highest BCUT2D eigenvalue weighted by atomic mass is 16.1. The van der Waals surface area contributed by atoms with E-state index in [4.69, 9.17) is 0 Å². The van der Waals surface area contributed by atoms with Gasteiger partial charge in [0.2, 0.25) is 0 Å². The van der Waals surface area contributed by atoms with E-state index in [-0.39, 0.29) is 5.78 Å². The van der Waals surface area contributed by atoms with E-state index in [1.54, 1.807) is 0 Å². The zero-order valence-corrected chi connectivity index (χ0v) is 6.35. The van der Waals surface area contributed by atoms with Crippen molar-refractivity contribution in [3.8, 4) is 0 Å². The Morgan fingerprint density at radius 3 is 2.90 bits per heavy atom. The number of Topliss-reactive ketones (excluding diaryl/α,β-unsaturated/α-hetero) is 1. The van der Waals surface area contributed by atoms with Crippen molar-refractivity contribution in [2.75, 3.05) is 0 Å². The van der Waals surface area contributed by atoms with Crippen molar-refractivity contribution in [2.45, 2.75) is 26.7 Å². The van der Waals surface area contributed by atoms with Gasteiger partial charge in [0.05, 0.1) is 6.21 Å². The zero-order chi connectivity index (χ0) is 7.56. The minimum absolute atomic E-state index is 0.120. The Labute approximate surface area is 60.7 Å². The van der Waals surface area contributed by atoms with E-state index in [9.17, 15) is 4.79 Å². The van der Waals surface area contributed by atoms with E-state index < -0.39 is 0 Å². The van der Waals surface area contributed by atoms with Gasteiger partial charge in [0.15, 0.2) is 5.78 Å². The van der Waals surface area contributed by atoms with Crippen molar-refractivity contribution in [3.63, 3.8) is 0 Å². The molecule has 0 aromatic rings. The van der Waals surface area contributed by atoms with Gasteiger partial charge < -0.3 is 0 Å². The van der Waals surface area contributed by atoms with Gasteiger partial charge >= 0.3 is 0 Å². The topological polar surface area (TPSA) is 29.4 Å². The molecule has 0 unspecified atom stereocenters. The Morgan fingerprint density at radius 2 is 2.40 bits per heavy atom. The van der Waals surface area contributed by atoms with Crippen LogP contribution in [0, 0.1) is 0 Å². The monoisotopic (exact) mass is 137 g/mol. The first kappa shape index (κ1) is 7.19. The van der Waals surface area contributed by atoms with Crippen LogP contribution in [0.25, 0.3) is 0 Å². The fourth-order valence-electron chi connectivity index (χ4n) is 1.06. The maximum absolute atomic E-state index is 10.8. The molecule has 1 aliphatic heterocycles. The molecule has 54 valence electrons. The van der Waals surface area contributed by atoms with Crippen LogP contribution < -0.4 is 0 Å². The van der Waals surface area contributed by atoms with Gasteiger partial charge in [-0.15, -0.1) is 0 Å². The van der Waals surface area contributed by atoms with Gasteiger partial charge in [-0.1, -0.05) is 6.92 Å². The molecule has 0 aromatic carbocycles. The summed E-state index contributed by atoms with van der Waals surface area (Å²) in [5, 5.41) is 0. The van der Waals surface area contributed by atoms with E-state index in [2.05, 4.69) is 4.99 Å². The molecule has 1 aliphatic rings. The molecule has 0 saturated carbocycles. The molecule has 0 amide bonds. The Balaban J connectivity index is 2.82. The number of carbonyl (C=O) groups excluding carboxylic acids is 1. The minimum Gasteiger partial charge on any atom is -0.293 e. The van der Waals surface area contributed by atoms with Crippen molar-refractivity contribution < 1.29 is 4.79 Å². The molecule has 0 aliphatic carbocycles. The summed E-state index contributed by atoms with van der Waals surface area (Å²) in [6.07, 6.45) is 2.91. The van der Waals surface area contributed by atoms with Crippen molar-refractivity contribution in [1.82, 2.24) is 0 Å². The molecule has 1 rings (SSSR count). The Morgan fingerprint density at radius 1 is 1.70 bits per heavy atom. The molecule has 0 N–H and O–H groups in total. The van der Waals surface area contributed by atoms with Crippen molar-refractivity contribution >= 4 is 12.0 Å². The number of rotatable bonds is 1. The van der Waals surface area contributed by atoms with Crippen LogP contribution in [0.3, 0.4) is 0 Å². The highest BCUT2D eigenvalue weighted by Crippen LogP contribution is 2.16. The maximum Gasteiger partial charge on any atom is 0.177 e. The third-order valence-electron chi connectivity index (χ3n) is 1.63. The number of carbonyl (C=O) groups is 1. The molecule has 0 atom stereocenters. The third-order valence-corrected chi connectivity index (χ3v) is 1.63. The summed E-state index contributed by atoms with van der Waals surface area (Å²) < 4.78 is 0. The smallest absolute Gasteiger partial charge is 0.177 e. The van der Waals surface area contributed by atoms with Crippen LogP contribution in [-0.2, 0) is 4.79 Å². The van der Waals surface area contributed by atoms with Gasteiger partial charge in [-0.25, -0.2) is 0 Å². The molecule has 0 radical (unpaired) electrons. The van der Waals surface area contributed by atoms with Crippen molar-refractivity contribution in [1.29, 1.82) is 0 Å². The van der Waals surface area contributed by atoms with Crippen LogP contribution in [-0.4, -0.2) is 12.0 Å². The van der Waals surface area contributed by atoms with Gasteiger partial charge in [-0.05, 0) is 18.9 Å². The number of nitrogens with zero attached hydrogens (tertiary/aromatic N) is 1. The van der Waals surface area contributed by atoms with Crippen LogP contribution in [0.1, 0.15) is 26.7 Å². The lowest BCUT2D eigenvalue weighted by Gasteiger charge is -2.07. The first-order chi connectivity index (χ1) is 4.74. The fourth-order valence-corrected chi connectivity index (χ4v) is 1.06. The van der Waals surface area contributed by atoms with Crippen LogP contribution in [0.5, 0.6) is 0 Å². The second kappa shape index (κ2) is 2.78. The van der Waals surface area contributed by atoms with Crippen LogP contribution >= 0.6 is 0 Å². The maximum atomic E-state index is 10.8. The second-order valence-corrected chi connectivity index (χ2v) is 2.48. The number of aliphatic imine (C=N–C) groups is 1. The summed E-state index contributed by atoms with van der Waals surface area (Å²) in [4.78, 5) is 14.8. The third kappa shape index (κ3) is 1.32. The zero-order valence-electron chi connectivity index (χ0n) is 6.35. The summed E-state index contributed by atoms with van der Waals surface area (Å²) in [5.41, 5.74) is 2.19. The second-order valence-electron chi connectivity index (χ2n) is 2.48. The predicted octanol–water partition coefficient (Wildman–Crippen LogP) is 1.71. The highest BCUT2D eigenvalue weighted by molar-refractivity contribution is 6.29. The van der Waals surface area contributed by atoms with E-state index in [0.717, 1.165) is 17.7 Å². The van der Waals surface area contributed by atoms with Crippen molar-refractivity contribution in [2.24, 2.45) is 4.99 Å². The number of hydrogen-bond donors (Lipinski definition) is 0. The molecule has 2 heteroatoms. The lowest BCUT2D eigenvalue weighted by molar-refractivity contribution is -0.112. The van der Waals surface area contributed by atoms with Crippen molar-refractivity contribution in [3.05, 3.63) is 11.3 Å². The summed E-state index contributed by atoms with van der Waals surface area (Å²) in [5.74, 6) is 0.120. The molecular weight excluding hydrogens is 126 g/mol.